The summed E-state index contributed by atoms with van der Waals surface area (Å²) in [6.07, 6.45) is 0.366. The third-order valence-corrected chi connectivity index (χ3v) is 5.86. The number of nitrogens with one attached hydrogen (secondary N) is 1. The summed E-state index contributed by atoms with van der Waals surface area (Å²) in [5.74, 6) is -0.200. The van der Waals surface area contributed by atoms with Crippen LogP contribution >= 0.6 is 11.6 Å². The summed E-state index contributed by atoms with van der Waals surface area (Å²) in [7, 11) is 1.73. The van der Waals surface area contributed by atoms with Crippen molar-refractivity contribution in [2.75, 3.05) is 20.1 Å². The fourth-order valence-electron chi connectivity index (χ4n) is 4.19. The van der Waals surface area contributed by atoms with Crippen LogP contribution in [0.25, 0.3) is 0 Å². The Morgan fingerprint density at radius 1 is 1.29 bits per heavy atom. The second-order valence-electron chi connectivity index (χ2n) is 7.51. The molecule has 3 aliphatic heterocycles. The van der Waals surface area contributed by atoms with Gasteiger partial charge >= 0.3 is 6.03 Å². The first-order valence-corrected chi connectivity index (χ1v) is 9.94. The molecule has 1 aromatic rings. The number of carbonyl (C=O) groups is 2. The Bertz CT molecular complexity index is 830. The van der Waals surface area contributed by atoms with E-state index in [1.54, 1.807) is 18.0 Å². The molecule has 0 spiro atoms. The van der Waals surface area contributed by atoms with Crippen molar-refractivity contribution in [1.29, 1.82) is 0 Å². The molecule has 0 aliphatic carbocycles. The first-order valence-electron chi connectivity index (χ1n) is 9.56. The molecule has 1 N–H and O–H groups in total. The highest BCUT2D eigenvalue weighted by Crippen LogP contribution is 2.31. The molecule has 1 aromatic carbocycles. The number of benzene rings is 1. The lowest BCUT2D eigenvalue weighted by Crippen LogP contribution is -2.66. The summed E-state index contributed by atoms with van der Waals surface area (Å²) >= 11 is 6.26. The van der Waals surface area contributed by atoms with Crippen LogP contribution < -0.4 is 5.32 Å². The van der Waals surface area contributed by atoms with E-state index in [9.17, 15) is 9.59 Å². The first kappa shape index (κ1) is 19.2. The zero-order valence-electron chi connectivity index (χ0n) is 16.3. The van der Waals surface area contributed by atoms with E-state index in [1.165, 1.54) is 4.90 Å². The lowest BCUT2D eigenvalue weighted by Gasteiger charge is -2.42. The van der Waals surface area contributed by atoms with Crippen LogP contribution in [0.15, 0.2) is 29.4 Å². The van der Waals surface area contributed by atoms with E-state index < -0.39 is 6.04 Å². The van der Waals surface area contributed by atoms with E-state index in [2.05, 4.69) is 22.2 Å². The minimum atomic E-state index is -0.458. The third kappa shape index (κ3) is 3.05. The topological polar surface area (TPSA) is 71.5 Å². The van der Waals surface area contributed by atoms with Crippen LogP contribution in [0.1, 0.15) is 25.8 Å². The van der Waals surface area contributed by atoms with E-state index in [1.807, 2.05) is 30.1 Å². The highest BCUT2D eigenvalue weighted by atomic mass is 35.5. The average Bonchev–Trinajstić information content (AvgIpc) is 3.05. The van der Waals surface area contributed by atoms with Gasteiger partial charge in [0.15, 0.2) is 6.29 Å². The van der Waals surface area contributed by atoms with Crippen molar-refractivity contribution >= 4 is 29.3 Å². The molecule has 0 saturated carbocycles. The fraction of sp³-hybridized carbons (Fsp3) is 0.526. The molecule has 3 heterocycles. The zero-order chi connectivity index (χ0) is 20.0. The number of nitrogens with zero attached hydrogens (tertiary/aromatic N) is 5. The minimum absolute atomic E-state index is 0.162. The molecule has 4 rings (SSSR count). The van der Waals surface area contributed by atoms with Gasteiger partial charge in [0.25, 0.3) is 5.91 Å². The summed E-state index contributed by atoms with van der Waals surface area (Å²) in [4.78, 5) is 31.4. The quantitative estimate of drug-likeness (QED) is 0.827. The molecular formula is C19H25ClN6O2. The van der Waals surface area contributed by atoms with Gasteiger partial charge < -0.3 is 4.90 Å². The van der Waals surface area contributed by atoms with Crippen molar-refractivity contribution in [1.82, 2.24) is 25.0 Å². The smallest absolute Gasteiger partial charge is 0.310 e. The lowest BCUT2D eigenvalue weighted by atomic mass is 10.1. The highest BCUT2D eigenvalue weighted by molar-refractivity contribution is 6.31. The van der Waals surface area contributed by atoms with Crippen LogP contribution in [0.5, 0.6) is 0 Å². The van der Waals surface area contributed by atoms with Crippen LogP contribution in [0.4, 0.5) is 4.79 Å². The van der Waals surface area contributed by atoms with Gasteiger partial charge in [-0.05, 0) is 25.0 Å². The van der Waals surface area contributed by atoms with Crippen LogP contribution in [0, 0.1) is 0 Å². The predicted molar refractivity (Wildman–Crippen MR) is 106 cm³/mol. The lowest BCUT2D eigenvalue weighted by molar-refractivity contribution is -0.139. The number of hydrogen-bond donors (Lipinski definition) is 1. The normalized spacial score (nSPS) is 27.8. The van der Waals surface area contributed by atoms with Gasteiger partial charge in [-0.15, -0.1) is 0 Å². The number of imide groups is 1. The van der Waals surface area contributed by atoms with Gasteiger partial charge in [0.1, 0.15) is 12.2 Å². The first-order chi connectivity index (χ1) is 13.4. The Hall–Kier alpha value is -2.16. The summed E-state index contributed by atoms with van der Waals surface area (Å²) in [5.41, 5.74) is 1.71. The van der Waals surface area contributed by atoms with Crippen molar-refractivity contribution in [3.05, 3.63) is 34.9 Å². The number of carbonyl (C=O) groups excluding carboxylic acids is 2. The molecule has 3 amide bonds. The molecule has 150 valence electrons. The van der Waals surface area contributed by atoms with E-state index in [4.69, 9.17) is 11.6 Å². The SMILES string of the molecule is CCCN1N=C(C)CN2C3C(=O)N(Cc4ccccc4Cl)C(=O)N(C)C3NC12. The van der Waals surface area contributed by atoms with Crippen molar-refractivity contribution in [2.45, 2.75) is 45.3 Å². The van der Waals surface area contributed by atoms with Crippen LogP contribution in [0.3, 0.4) is 0 Å². The van der Waals surface area contributed by atoms with E-state index in [0.29, 0.717) is 11.6 Å². The zero-order valence-corrected chi connectivity index (χ0v) is 17.1. The van der Waals surface area contributed by atoms with Crippen molar-refractivity contribution in [3.63, 3.8) is 0 Å². The summed E-state index contributed by atoms with van der Waals surface area (Å²) < 4.78 is 0. The molecule has 0 bridgehead atoms. The standard InChI is InChI=1S/C19H25ClN6O2/c1-4-9-26-18-21-16-15(24(18)10-12(2)22-26)17(27)25(19(28)23(16)3)11-13-7-5-6-8-14(13)20/h5-8,15-16,18,21H,4,9-11H2,1-3H3. The van der Waals surface area contributed by atoms with E-state index >= 15 is 0 Å². The molecule has 9 heteroatoms. The Labute approximate surface area is 169 Å². The van der Waals surface area contributed by atoms with Gasteiger partial charge in [-0.2, -0.15) is 5.10 Å². The van der Waals surface area contributed by atoms with Gasteiger partial charge in [0.2, 0.25) is 0 Å². The number of fused-ring (bicyclic) bond motifs is 3. The largest absolute Gasteiger partial charge is 0.328 e. The number of likely N-dealkylation sites (N-methyl/N-ethyl adjacent to an activating group) is 1. The highest BCUT2D eigenvalue weighted by Gasteiger charge is 2.56. The molecule has 3 unspecified atom stereocenters. The van der Waals surface area contributed by atoms with Crippen LogP contribution in [-0.4, -0.2) is 76.0 Å². The Balaban J connectivity index is 1.64. The van der Waals surface area contributed by atoms with Gasteiger partial charge in [-0.1, -0.05) is 36.7 Å². The van der Waals surface area contributed by atoms with E-state index in [0.717, 1.165) is 24.2 Å². The summed E-state index contributed by atoms with van der Waals surface area (Å²) in [6.45, 7) is 5.59. The van der Waals surface area contributed by atoms with Gasteiger partial charge in [0, 0.05) is 30.9 Å². The second-order valence-corrected chi connectivity index (χ2v) is 7.92. The molecule has 2 saturated heterocycles. The maximum atomic E-state index is 13.4. The summed E-state index contributed by atoms with van der Waals surface area (Å²) in [6, 6.07) is 6.51. The van der Waals surface area contributed by atoms with Gasteiger partial charge in [-0.3, -0.25) is 20.0 Å². The number of halogens is 1. The fourth-order valence-corrected chi connectivity index (χ4v) is 4.39. The molecule has 28 heavy (non-hydrogen) atoms. The maximum Gasteiger partial charge on any atom is 0.328 e. The monoisotopic (exact) mass is 404 g/mol. The molecule has 8 nitrogen and oxygen atoms in total. The predicted octanol–water partition coefficient (Wildman–Crippen LogP) is 1.72. The Kier molecular flexibility index (Phi) is 5.03. The number of rotatable bonds is 4. The molecule has 0 radical (unpaired) electrons. The number of hydrogen-bond acceptors (Lipinski definition) is 6. The molecule has 3 aliphatic rings. The maximum absolute atomic E-state index is 13.4. The summed E-state index contributed by atoms with van der Waals surface area (Å²) in [5, 5.41) is 10.6. The Morgan fingerprint density at radius 3 is 2.75 bits per heavy atom. The second kappa shape index (κ2) is 7.35. The Morgan fingerprint density at radius 2 is 2.04 bits per heavy atom. The average molecular weight is 405 g/mol. The van der Waals surface area contributed by atoms with Gasteiger partial charge in [0.05, 0.1) is 6.54 Å². The molecular weight excluding hydrogens is 380 g/mol. The van der Waals surface area contributed by atoms with E-state index in [-0.39, 0.29) is 30.9 Å². The molecule has 3 atom stereocenters. The van der Waals surface area contributed by atoms with Crippen molar-refractivity contribution in [3.8, 4) is 0 Å². The van der Waals surface area contributed by atoms with Crippen molar-refractivity contribution < 1.29 is 9.59 Å². The van der Waals surface area contributed by atoms with Crippen LogP contribution in [0.2, 0.25) is 5.02 Å². The van der Waals surface area contributed by atoms with Crippen LogP contribution in [-0.2, 0) is 11.3 Å². The van der Waals surface area contributed by atoms with Gasteiger partial charge in [-0.25, -0.2) is 9.69 Å². The minimum Gasteiger partial charge on any atom is -0.310 e. The molecule has 2 fully saturated rings. The number of hydrazone groups is 1. The number of urea groups is 1. The van der Waals surface area contributed by atoms with Crippen molar-refractivity contribution in [2.24, 2.45) is 5.10 Å². The molecule has 0 aromatic heterocycles. The number of amides is 3. The third-order valence-electron chi connectivity index (χ3n) is 5.49.